The minimum Gasteiger partial charge on any atom is -0.372 e. The Hall–Kier alpha value is -3.71. The molecule has 5 rings (SSSR count). The van der Waals surface area contributed by atoms with E-state index in [9.17, 15) is 4.39 Å². The van der Waals surface area contributed by atoms with E-state index in [1.54, 1.807) is 13.0 Å². The number of nitrogens with one attached hydrogen (secondary N) is 1. The standard InChI is InChI=1S/C31H34FN5S/c1-6-35(7-2)23-11-13-24(14-12-23)36-21(4)19-26(22(36)5)30-29(28-10-8-9-17-33-28)34-31(38)37(30)25-15-16-27(32)20(3)18-25/h8-19,29-30H,6-7H2,1-5H3,(H,34,38). The van der Waals surface area contributed by atoms with Crippen molar-refractivity contribution < 1.29 is 4.39 Å². The lowest BCUT2D eigenvalue weighted by atomic mass is 9.96. The van der Waals surface area contributed by atoms with Gasteiger partial charge in [-0.05, 0) is 119 Å². The van der Waals surface area contributed by atoms with E-state index in [-0.39, 0.29) is 17.9 Å². The summed E-state index contributed by atoms with van der Waals surface area (Å²) in [5, 5.41) is 4.12. The van der Waals surface area contributed by atoms with Gasteiger partial charge in [0.25, 0.3) is 0 Å². The summed E-state index contributed by atoms with van der Waals surface area (Å²) in [5.41, 5.74) is 8.13. The van der Waals surface area contributed by atoms with E-state index in [1.807, 2.05) is 30.5 Å². The molecule has 0 saturated carbocycles. The second-order valence-electron chi connectivity index (χ2n) is 9.78. The van der Waals surface area contributed by atoms with Crippen LogP contribution in [0.15, 0.2) is 72.9 Å². The van der Waals surface area contributed by atoms with Crippen molar-refractivity contribution in [2.75, 3.05) is 22.9 Å². The van der Waals surface area contributed by atoms with Gasteiger partial charge in [-0.15, -0.1) is 0 Å². The van der Waals surface area contributed by atoms with E-state index in [0.717, 1.165) is 47.1 Å². The number of benzene rings is 2. The largest absolute Gasteiger partial charge is 0.372 e. The van der Waals surface area contributed by atoms with E-state index in [1.165, 1.54) is 11.8 Å². The molecule has 5 nitrogen and oxygen atoms in total. The molecule has 2 aromatic carbocycles. The summed E-state index contributed by atoms with van der Waals surface area (Å²) >= 11 is 5.87. The van der Waals surface area contributed by atoms with Gasteiger partial charge in [-0.2, -0.15) is 0 Å². The number of aryl methyl sites for hydroxylation is 2. The van der Waals surface area contributed by atoms with E-state index in [0.29, 0.717) is 10.7 Å². The van der Waals surface area contributed by atoms with Gasteiger partial charge in [0.1, 0.15) is 5.82 Å². The fourth-order valence-corrected chi connectivity index (χ4v) is 5.96. The molecule has 1 N–H and O–H groups in total. The molecule has 38 heavy (non-hydrogen) atoms. The Morgan fingerprint density at radius 3 is 2.29 bits per heavy atom. The van der Waals surface area contributed by atoms with Crippen molar-refractivity contribution >= 4 is 28.7 Å². The molecule has 2 atom stereocenters. The molecule has 1 aliphatic heterocycles. The highest BCUT2D eigenvalue weighted by molar-refractivity contribution is 7.80. The van der Waals surface area contributed by atoms with Crippen LogP contribution in [0.25, 0.3) is 5.69 Å². The number of anilines is 2. The highest BCUT2D eigenvalue weighted by Crippen LogP contribution is 2.44. The third-order valence-corrected chi connectivity index (χ3v) is 7.86. The molecule has 7 heteroatoms. The second kappa shape index (κ2) is 10.6. The van der Waals surface area contributed by atoms with Gasteiger partial charge >= 0.3 is 0 Å². The van der Waals surface area contributed by atoms with Gasteiger partial charge in [0.05, 0.1) is 17.8 Å². The normalized spacial score (nSPS) is 17.1. The van der Waals surface area contributed by atoms with Crippen molar-refractivity contribution in [2.45, 2.75) is 46.7 Å². The zero-order chi connectivity index (χ0) is 27.0. The Balaban J connectivity index is 1.62. The first-order valence-corrected chi connectivity index (χ1v) is 13.6. The number of aromatic nitrogens is 2. The minimum absolute atomic E-state index is 0.155. The average molecular weight is 528 g/mol. The molecule has 3 heterocycles. The molecule has 0 bridgehead atoms. The second-order valence-corrected chi connectivity index (χ2v) is 10.2. The van der Waals surface area contributed by atoms with Gasteiger partial charge in [0, 0.05) is 47.7 Å². The van der Waals surface area contributed by atoms with Crippen molar-refractivity contribution in [3.63, 3.8) is 0 Å². The highest BCUT2D eigenvalue weighted by Gasteiger charge is 2.42. The average Bonchev–Trinajstić information content (AvgIpc) is 3.42. The van der Waals surface area contributed by atoms with Crippen LogP contribution in [-0.2, 0) is 0 Å². The van der Waals surface area contributed by atoms with Gasteiger partial charge in [0.2, 0.25) is 0 Å². The Morgan fingerprint density at radius 1 is 0.947 bits per heavy atom. The predicted octanol–water partition coefficient (Wildman–Crippen LogP) is 6.96. The first-order valence-electron chi connectivity index (χ1n) is 13.1. The van der Waals surface area contributed by atoms with E-state index >= 15 is 0 Å². The van der Waals surface area contributed by atoms with Gasteiger partial charge < -0.3 is 19.7 Å². The van der Waals surface area contributed by atoms with Gasteiger partial charge in [0.15, 0.2) is 5.11 Å². The number of hydrogen-bond donors (Lipinski definition) is 1. The molecule has 0 radical (unpaired) electrons. The Morgan fingerprint density at radius 2 is 1.66 bits per heavy atom. The van der Waals surface area contributed by atoms with Crippen LogP contribution >= 0.6 is 12.2 Å². The minimum atomic E-state index is -0.226. The van der Waals surface area contributed by atoms with Crippen molar-refractivity contribution in [1.82, 2.24) is 14.9 Å². The van der Waals surface area contributed by atoms with Crippen LogP contribution in [0, 0.1) is 26.6 Å². The summed E-state index contributed by atoms with van der Waals surface area (Å²) in [4.78, 5) is 9.12. The van der Waals surface area contributed by atoms with Crippen LogP contribution in [0.2, 0.25) is 0 Å². The number of pyridine rings is 1. The molecule has 1 aliphatic rings. The summed E-state index contributed by atoms with van der Waals surface area (Å²) in [7, 11) is 0. The monoisotopic (exact) mass is 527 g/mol. The molecular weight excluding hydrogens is 493 g/mol. The first-order chi connectivity index (χ1) is 18.3. The third-order valence-electron chi connectivity index (χ3n) is 7.54. The maximum absolute atomic E-state index is 14.2. The topological polar surface area (TPSA) is 36.3 Å². The number of halogens is 1. The Bertz CT molecular complexity index is 1440. The molecule has 2 unspecified atom stereocenters. The van der Waals surface area contributed by atoms with Crippen molar-refractivity contribution in [3.05, 3.63) is 107 Å². The fraction of sp³-hybridized carbons (Fsp3) is 0.290. The van der Waals surface area contributed by atoms with Crippen molar-refractivity contribution in [3.8, 4) is 5.69 Å². The number of rotatable bonds is 7. The zero-order valence-electron chi connectivity index (χ0n) is 22.6. The lowest BCUT2D eigenvalue weighted by Crippen LogP contribution is -2.29. The molecule has 0 aliphatic carbocycles. The number of thiocarbonyl (C=S) groups is 1. The van der Waals surface area contributed by atoms with Crippen LogP contribution in [0.4, 0.5) is 15.8 Å². The van der Waals surface area contributed by atoms with Gasteiger partial charge in [-0.25, -0.2) is 4.39 Å². The van der Waals surface area contributed by atoms with Crippen LogP contribution < -0.4 is 15.1 Å². The van der Waals surface area contributed by atoms with E-state index in [2.05, 4.69) is 82.7 Å². The fourth-order valence-electron chi connectivity index (χ4n) is 5.61. The molecule has 1 saturated heterocycles. The van der Waals surface area contributed by atoms with Crippen molar-refractivity contribution in [2.24, 2.45) is 0 Å². The highest BCUT2D eigenvalue weighted by atomic mass is 32.1. The number of hydrogen-bond acceptors (Lipinski definition) is 3. The lowest BCUT2D eigenvalue weighted by Gasteiger charge is -2.28. The SMILES string of the molecule is CCN(CC)c1ccc(-n2c(C)cc(C3C(c4ccccn4)NC(=S)N3c3ccc(F)c(C)c3)c2C)cc1. The van der Waals surface area contributed by atoms with Crippen molar-refractivity contribution in [1.29, 1.82) is 0 Å². The molecule has 196 valence electrons. The van der Waals surface area contributed by atoms with Crippen LogP contribution in [0.1, 0.15) is 54.1 Å². The molecule has 1 fully saturated rings. The summed E-state index contributed by atoms with van der Waals surface area (Å²) in [6.45, 7) is 12.4. The maximum atomic E-state index is 14.2. The van der Waals surface area contributed by atoms with Gasteiger partial charge in [-0.3, -0.25) is 4.98 Å². The summed E-state index contributed by atoms with van der Waals surface area (Å²) < 4.78 is 16.5. The number of nitrogens with zero attached hydrogens (tertiary/aromatic N) is 4. The van der Waals surface area contributed by atoms with E-state index in [4.69, 9.17) is 12.2 Å². The maximum Gasteiger partial charge on any atom is 0.174 e. The van der Waals surface area contributed by atoms with E-state index < -0.39 is 0 Å². The predicted molar refractivity (Wildman–Crippen MR) is 158 cm³/mol. The Labute approximate surface area is 229 Å². The molecular formula is C31H34FN5S. The Kier molecular flexibility index (Phi) is 7.21. The molecule has 4 aromatic rings. The summed E-state index contributed by atoms with van der Waals surface area (Å²) in [6, 6.07) is 21.8. The molecule has 0 spiro atoms. The zero-order valence-corrected chi connectivity index (χ0v) is 23.4. The summed E-state index contributed by atoms with van der Waals surface area (Å²) in [6.07, 6.45) is 1.81. The van der Waals surface area contributed by atoms with Gasteiger partial charge in [-0.1, -0.05) is 6.07 Å². The summed E-state index contributed by atoms with van der Waals surface area (Å²) in [5.74, 6) is -0.226. The van der Waals surface area contributed by atoms with Crippen LogP contribution in [0.3, 0.4) is 0 Å². The lowest BCUT2D eigenvalue weighted by molar-refractivity contribution is 0.564. The first kappa shape index (κ1) is 25.9. The van der Waals surface area contributed by atoms with Crippen LogP contribution in [0.5, 0.6) is 0 Å². The van der Waals surface area contributed by atoms with Crippen LogP contribution in [-0.4, -0.2) is 27.8 Å². The molecule has 2 aromatic heterocycles. The molecule has 0 amide bonds. The smallest absolute Gasteiger partial charge is 0.174 e. The third kappa shape index (κ3) is 4.56. The quantitative estimate of drug-likeness (QED) is 0.263.